The van der Waals surface area contributed by atoms with E-state index in [-0.39, 0.29) is 12.6 Å². The first-order valence-corrected chi connectivity index (χ1v) is 3.30. The predicted molar refractivity (Wildman–Crippen MR) is 36.1 cm³/mol. The van der Waals surface area contributed by atoms with E-state index < -0.39 is 0 Å². The third-order valence-electron chi connectivity index (χ3n) is 1.93. The molecule has 0 aromatic heterocycles. The van der Waals surface area contributed by atoms with Crippen molar-refractivity contribution in [3.05, 3.63) is 0 Å². The van der Waals surface area contributed by atoms with Crippen molar-refractivity contribution in [1.29, 1.82) is 0 Å². The molecule has 1 aliphatic heterocycles. The standard InChI is InChI=1S/C6H14N2O/c1-8-3-5(7)2-6(8)4-9/h5-6,9H,2-4,7H2,1H3/t5-,6-/m1/s1. The highest BCUT2D eigenvalue weighted by molar-refractivity contribution is 4.84. The summed E-state index contributed by atoms with van der Waals surface area (Å²) in [6, 6.07) is 0.576. The molecule has 0 aromatic carbocycles. The average Bonchev–Trinajstić information content (AvgIpc) is 2.10. The number of rotatable bonds is 1. The summed E-state index contributed by atoms with van der Waals surface area (Å²) in [6.45, 7) is 1.16. The van der Waals surface area contributed by atoms with E-state index in [1.54, 1.807) is 0 Å². The number of nitrogens with zero attached hydrogens (tertiary/aromatic N) is 1. The van der Waals surface area contributed by atoms with E-state index in [1.807, 2.05) is 7.05 Å². The van der Waals surface area contributed by atoms with Crippen LogP contribution >= 0.6 is 0 Å². The van der Waals surface area contributed by atoms with Gasteiger partial charge in [-0.2, -0.15) is 0 Å². The largest absolute Gasteiger partial charge is 0.395 e. The van der Waals surface area contributed by atoms with Crippen molar-refractivity contribution < 1.29 is 5.11 Å². The second kappa shape index (κ2) is 2.64. The number of hydrogen-bond acceptors (Lipinski definition) is 3. The molecule has 3 nitrogen and oxygen atoms in total. The van der Waals surface area contributed by atoms with Gasteiger partial charge in [0.05, 0.1) is 6.61 Å². The minimum atomic E-state index is 0.240. The fourth-order valence-electron chi connectivity index (χ4n) is 1.34. The highest BCUT2D eigenvalue weighted by Gasteiger charge is 2.25. The highest BCUT2D eigenvalue weighted by Crippen LogP contribution is 2.12. The maximum absolute atomic E-state index is 8.76. The second-order valence-corrected chi connectivity index (χ2v) is 2.77. The highest BCUT2D eigenvalue weighted by atomic mass is 16.3. The molecule has 1 saturated heterocycles. The number of likely N-dealkylation sites (tertiary alicyclic amines) is 1. The molecule has 1 rings (SSSR count). The van der Waals surface area contributed by atoms with Crippen molar-refractivity contribution in [1.82, 2.24) is 4.90 Å². The van der Waals surface area contributed by atoms with Crippen LogP contribution in [0.5, 0.6) is 0 Å². The molecular formula is C6H14N2O. The molecule has 2 atom stereocenters. The van der Waals surface area contributed by atoms with Crippen LogP contribution in [0.3, 0.4) is 0 Å². The van der Waals surface area contributed by atoms with Gasteiger partial charge in [0.2, 0.25) is 0 Å². The van der Waals surface area contributed by atoms with E-state index in [0.29, 0.717) is 6.04 Å². The average molecular weight is 130 g/mol. The molecule has 1 fully saturated rings. The Morgan fingerprint density at radius 1 is 1.78 bits per heavy atom. The van der Waals surface area contributed by atoms with Crippen LogP contribution in [0.1, 0.15) is 6.42 Å². The molecule has 0 aromatic rings. The Bertz CT molecular complexity index is 97.1. The summed E-state index contributed by atoms with van der Waals surface area (Å²) in [4.78, 5) is 2.10. The van der Waals surface area contributed by atoms with Crippen LogP contribution in [-0.2, 0) is 0 Å². The summed E-state index contributed by atoms with van der Waals surface area (Å²) in [5, 5.41) is 8.76. The molecule has 0 spiro atoms. The maximum Gasteiger partial charge on any atom is 0.0587 e. The molecule has 1 aliphatic rings. The van der Waals surface area contributed by atoms with Crippen molar-refractivity contribution in [2.24, 2.45) is 5.73 Å². The molecule has 0 radical (unpaired) electrons. The van der Waals surface area contributed by atoms with Crippen molar-refractivity contribution in [2.45, 2.75) is 18.5 Å². The quantitative estimate of drug-likeness (QED) is 0.479. The van der Waals surface area contributed by atoms with Crippen LogP contribution in [-0.4, -0.2) is 42.3 Å². The van der Waals surface area contributed by atoms with Crippen molar-refractivity contribution in [3.8, 4) is 0 Å². The Hall–Kier alpha value is -0.120. The van der Waals surface area contributed by atoms with Gasteiger partial charge in [-0.1, -0.05) is 0 Å². The summed E-state index contributed by atoms with van der Waals surface area (Å²) in [5.74, 6) is 0. The minimum absolute atomic E-state index is 0.240. The first-order valence-electron chi connectivity index (χ1n) is 3.30. The van der Waals surface area contributed by atoms with Gasteiger partial charge in [0.25, 0.3) is 0 Å². The topological polar surface area (TPSA) is 49.5 Å². The Morgan fingerprint density at radius 3 is 2.67 bits per heavy atom. The van der Waals surface area contributed by atoms with E-state index in [9.17, 15) is 0 Å². The lowest BCUT2D eigenvalue weighted by molar-refractivity contribution is 0.182. The zero-order valence-corrected chi connectivity index (χ0v) is 5.75. The summed E-state index contributed by atoms with van der Waals surface area (Å²) in [5.41, 5.74) is 5.64. The third kappa shape index (κ3) is 1.41. The Labute approximate surface area is 55.5 Å². The zero-order valence-electron chi connectivity index (χ0n) is 5.75. The SMILES string of the molecule is CN1C[C@H](N)C[C@@H]1CO. The number of aliphatic hydroxyl groups is 1. The predicted octanol–water partition coefficient (Wildman–Crippen LogP) is -0.990. The lowest BCUT2D eigenvalue weighted by atomic mass is 10.2. The number of likely N-dealkylation sites (N-methyl/N-ethyl adjacent to an activating group) is 1. The molecule has 3 heteroatoms. The van der Waals surface area contributed by atoms with E-state index in [4.69, 9.17) is 10.8 Å². The van der Waals surface area contributed by atoms with Crippen LogP contribution < -0.4 is 5.73 Å². The first-order chi connectivity index (χ1) is 4.24. The maximum atomic E-state index is 8.76. The van der Waals surface area contributed by atoms with Gasteiger partial charge >= 0.3 is 0 Å². The van der Waals surface area contributed by atoms with Gasteiger partial charge in [0.15, 0.2) is 0 Å². The molecule has 0 bridgehead atoms. The van der Waals surface area contributed by atoms with E-state index in [1.165, 1.54) is 0 Å². The second-order valence-electron chi connectivity index (χ2n) is 2.77. The van der Waals surface area contributed by atoms with Crippen LogP contribution in [0.25, 0.3) is 0 Å². The third-order valence-corrected chi connectivity index (χ3v) is 1.93. The smallest absolute Gasteiger partial charge is 0.0587 e. The van der Waals surface area contributed by atoms with Crippen LogP contribution in [0, 0.1) is 0 Å². The molecule has 1 heterocycles. The van der Waals surface area contributed by atoms with E-state index in [0.717, 1.165) is 13.0 Å². The van der Waals surface area contributed by atoms with Crippen LogP contribution in [0.4, 0.5) is 0 Å². The van der Waals surface area contributed by atoms with Gasteiger partial charge in [-0.3, -0.25) is 4.90 Å². The van der Waals surface area contributed by atoms with Gasteiger partial charge in [-0.05, 0) is 13.5 Å². The molecular weight excluding hydrogens is 116 g/mol. The van der Waals surface area contributed by atoms with Gasteiger partial charge in [0, 0.05) is 18.6 Å². The molecule has 3 N–H and O–H groups in total. The normalized spacial score (nSPS) is 37.7. The van der Waals surface area contributed by atoms with Crippen molar-refractivity contribution >= 4 is 0 Å². The number of hydrogen-bond donors (Lipinski definition) is 2. The van der Waals surface area contributed by atoms with Crippen molar-refractivity contribution in [2.75, 3.05) is 20.2 Å². The van der Waals surface area contributed by atoms with Crippen LogP contribution in [0.15, 0.2) is 0 Å². The monoisotopic (exact) mass is 130 g/mol. The zero-order chi connectivity index (χ0) is 6.85. The van der Waals surface area contributed by atoms with Crippen LogP contribution in [0.2, 0.25) is 0 Å². The Morgan fingerprint density at radius 2 is 2.44 bits per heavy atom. The fraction of sp³-hybridized carbons (Fsp3) is 1.00. The summed E-state index contributed by atoms with van der Waals surface area (Å²) >= 11 is 0. The van der Waals surface area contributed by atoms with Gasteiger partial charge < -0.3 is 10.8 Å². The molecule has 0 aliphatic carbocycles. The fourth-order valence-corrected chi connectivity index (χ4v) is 1.34. The molecule has 0 amide bonds. The number of nitrogens with two attached hydrogens (primary N) is 1. The van der Waals surface area contributed by atoms with Gasteiger partial charge in [-0.15, -0.1) is 0 Å². The van der Waals surface area contributed by atoms with E-state index >= 15 is 0 Å². The molecule has 54 valence electrons. The summed E-state index contributed by atoms with van der Waals surface area (Å²) in [6.07, 6.45) is 0.938. The van der Waals surface area contributed by atoms with Crippen molar-refractivity contribution in [3.63, 3.8) is 0 Å². The number of aliphatic hydroxyl groups excluding tert-OH is 1. The summed E-state index contributed by atoms with van der Waals surface area (Å²) < 4.78 is 0. The first kappa shape index (κ1) is 6.99. The summed E-state index contributed by atoms with van der Waals surface area (Å²) in [7, 11) is 1.99. The lowest BCUT2D eigenvalue weighted by Crippen LogP contribution is -2.28. The Kier molecular flexibility index (Phi) is 2.05. The Balaban J connectivity index is 2.38. The molecule has 9 heavy (non-hydrogen) atoms. The minimum Gasteiger partial charge on any atom is -0.395 e. The molecule has 0 saturated carbocycles. The lowest BCUT2D eigenvalue weighted by Gasteiger charge is -2.14. The molecule has 0 unspecified atom stereocenters. The van der Waals surface area contributed by atoms with Gasteiger partial charge in [0.1, 0.15) is 0 Å². The van der Waals surface area contributed by atoms with Gasteiger partial charge in [-0.25, -0.2) is 0 Å². The van der Waals surface area contributed by atoms with E-state index in [2.05, 4.69) is 4.90 Å².